The number of likely N-dealkylation sites (N-methyl/N-ethyl adjacent to an activating group) is 1. The lowest BCUT2D eigenvalue weighted by atomic mass is 9.99. The minimum Gasteiger partial charge on any atom is -0.392 e. The van der Waals surface area contributed by atoms with Gasteiger partial charge >= 0.3 is 0 Å². The van der Waals surface area contributed by atoms with E-state index in [1.54, 1.807) is 12.1 Å². The third kappa shape index (κ3) is 7.07. The van der Waals surface area contributed by atoms with Crippen LogP contribution in [-0.2, 0) is 16.1 Å². The van der Waals surface area contributed by atoms with Crippen molar-refractivity contribution >= 4 is 11.6 Å². The molecule has 1 amide bonds. The molecular formula is C34H31F5N2O4. The number of halogens is 5. The summed E-state index contributed by atoms with van der Waals surface area (Å²) in [5, 5.41) is 11.6. The molecule has 0 bridgehead atoms. The average molecular weight is 627 g/mol. The summed E-state index contributed by atoms with van der Waals surface area (Å²) in [6, 6.07) is 23.6. The highest BCUT2D eigenvalue weighted by molar-refractivity contribution is 6.04. The van der Waals surface area contributed by atoms with E-state index in [0.717, 1.165) is 16.7 Å². The first-order chi connectivity index (χ1) is 21.6. The monoisotopic (exact) mass is 626 g/mol. The van der Waals surface area contributed by atoms with Crippen molar-refractivity contribution in [2.45, 2.75) is 44.5 Å². The van der Waals surface area contributed by atoms with E-state index in [0.29, 0.717) is 18.5 Å². The second-order valence-corrected chi connectivity index (χ2v) is 10.9. The number of anilines is 1. The lowest BCUT2D eigenvalue weighted by Crippen LogP contribution is -2.38. The molecule has 0 saturated carbocycles. The minimum atomic E-state index is -2.35. The summed E-state index contributed by atoms with van der Waals surface area (Å²) in [7, 11) is 2.01. The Labute approximate surface area is 257 Å². The van der Waals surface area contributed by atoms with Gasteiger partial charge in [0, 0.05) is 30.3 Å². The number of amides is 1. The van der Waals surface area contributed by atoms with Crippen molar-refractivity contribution in [1.82, 2.24) is 4.90 Å². The van der Waals surface area contributed by atoms with Crippen molar-refractivity contribution < 1.29 is 41.3 Å². The molecule has 1 saturated heterocycles. The number of ether oxygens (including phenoxy) is 2. The second kappa shape index (κ2) is 13.9. The fraction of sp³-hybridized carbons (Fsp3) is 0.265. The molecule has 0 unspecified atom stereocenters. The number of nitrogens with one attached hydrogen (secondary N) is 1. The topological polar surface area (TPSA) is 71.0 Å². The van der Waals surface area contributed by atoms with Crippen LogP contribution in [0.25, 0.3) is 0 Å². The molecule has 1 aliphatic heterocycles. The standard InChI is InChI=1S/C34H31F5N2O4/c1-19(21-6-4-3-5-7-21)41(2)17-25-16-26(22-10-8-20(18-42)9-11-22)45-34(44-25)23-12-14-24(15-13-23)40-33(43)27-28(35)30(37)32(39)31(38)29(27)36/h3-15,19,25-26,34,42H,16-18H2,1-2H3,(H,40,43)/t19-,25-,26+,34+/m0/s1. The first kappa shape index (κ1) is 32.2. The third-order valence-electron chi connectivity index (χ3n) is 7.93. The van der Waals surface area contributed by atoms with Gasteiger partial charge < -0.3 is 19.9 Å². The molecule has 4 atom stereocenters. The van der Waals surface area contributed by atoms with Crippen molar-refractivity contribution in [3.63, 3.8) is 0 Å². The molecule has 0 radical (unpaired) electrons. The Morgan fingerprint density at radius 1 is 0.844 bits per heavy atom. The predicted molar refractivity (Wildman–Crippen MR) is 157 cm³/mol. The third-order valence-corrected chi connectivity index (χ3v) is 7.93. The van der Waals surface area contributed by atoms with E-state index in [-0.39, 0.29) is 30.5 Å². The molecule has 1 heterocycles. The zero-order valence-electron chi connectivity index (χ0n) is 24.4. The normalized spacial score (nSPS) is 19.0. The first-order valence-corrected chi connectivity index (χ1v) is 14.3. The molecule has 0 aliphatic carbocycles. The predicted octanol–water partition coefficient (Wildman–Crippen LogP) is 7.37. The van der Waals surface area contributed by atoms with Gasteiger partial charge in [0.05, 0.1) is 18.8 Å². The van der Waals surface area contributed by atoms with Gasteiger partial charge in [-0.15, -0.1) is 0 Å². The number of nitrogens with zero attached hydrogens (tertiary/aromatic N) is 1. The average Bonchev–Trinajstić information content (AvgIpc) is 3.06. The molecule has 0 spiro atoms. The lowest BCUT2D eigenvalue weighted by Gasteiger charge is -2.39. The van der Waals surface area contributed by atoms with E-state index in [1.165, 1.54) is 12.1 Å². The number of hydrogen-bond donors (Lipinski definition) is 2. The highest BCUT2D eigenvalue weighted by Gasteiger charge is 2.34. The van der Waals surface area contributed by atoms with Crippen LogP contribution in [0.2, 0.25) is 0 Å². The fourth-order valence-corrected chi connectivity index (χ4v) is 5.22. The Bertz CT molecular complexity index is 1610. The maximum atomic E-state index is 14.1. The van der Waals surface area contributed by atoms with Crippen LogP contribution in [0.5, 0.6) is 0 Å². The maximum Gasteiger partial charge on any atom is 0.261 e. The molecule has 6 nitrogen and oxygen atoms in total. The zero-order valence-corrected chi connectivity index (χ0v) is 24.4. The molecule has 5 rings (SSSR count). The molecule has 4 aromatic carbocycles. The van der Waals surface area contributed by atoms with E-state index in [9.17, 15) is 31.9 Å². The molecular weight excluding hydrogens is 595 g/mol. The van der Waals surface area contributed by atoms with Crippen molar-refractivity contribution in [2.75, 3.05) is 18.9 Å². The van der Waals surface area contributed by atoms with Crippen molar-refractivity contribution in [2.24, 2.45) is 0 Å². The Morgan fingerprint density at radius 3 is 2.02 bits per heavy atom. The van der Waals surface area contributed by atoms with Crippen LogP contribution in [0.15, 0.2) is 78.9 Å². The fourth-order valence-electron chi connectivity index (χ4n) is 5.22. The van der Waals surface area contributed by atoms with Gasteiger partial charge in [0.15, 0.2) is 29.6 Å². The van der Waals surface area contributed by atoms with Gasteiger partial charge in [0.1, 0.15) is 5.56 Å². The van der Waals surface area contributed by atoms with E-state index in [4.69, 9.17) is 9.47 Å². The van der Waals surface area contributed by atoms with Crippen molar-refractivity contribution in [3.8, 4) is 0 Å². The number of aliphatic hydroxyl groups is 1. The van der Waals surface area contributed by atoms with Crippen LogP contribution >= 0.6 is 0 Å². The van der Waals surface area contributed by atoms with Gasteiger partial charge in [-0.3, -0.25) is 9.69 Å². The zero-order chi connectivity index (χ0) is 32.2. The summed E-state index contributed by atoms with van der Waals surface area (Å²) < 4.78 is 81.6. The summed E-state index contributed by atoms with van der Waals surface area (Å²) in [5.74, 6) is -12.7. The number of carbonyl (C=O) groups is 1. The Balaban J connectivity index is 1.35. The molecule has 0 aromatic heterocycles. The van der Waals surface area contributed by atoms with Crippen LogP contribution in [0.1, 0.15) is 64.4 Å². The molecule has 11 heteroatoms. The largest absolute Gasteiger partial charge is 0.392 e. The van der Waals surface area contributed by atoms with E-state index >= 15 is 0 Å². The molecule has 4 aromatic rings. The number of carbonyl (C=O) groups excluding carboxylic acids is 1. The number of hydrogen-bond acceptors (Lipinski definition) is 5. The van der Waals surface area contributed by atoms with E-state index in [2.05, 4.69) is 29.3 Å². The van der Waals surface area contributed by atoms with Crippen LogP contribution < -0.4 is 5.32 Å². The summed E-state index contributed by atoms with van der Waals surface area (Å²) >= 11 is 0. The second-order valence-electron chi connectivity index (χ2n) is 10.9. The maximum absolute atomic E-state index is 14.1. The van der Waals surface area contributed by atoms with Crippen LogP contribution in [0.3, 0.4) is 0 Å². The quantitative estimate of drug-likeness (QED) is 0.115. The van der Waals surface area contributed by atoms with Gasteiger partial charge in [0.2, 0.25) is 5.82 Å². The SMILES string of the molecule is C[C@@H](c1ccccc1)N(C)C[C@@H]1C[C@H](c2ccc(CO)cc2)O[C@H](c2ccc(NC(=O)c3c(F)c(F)c(F)c(F)c3F)cc2)O1. The van der Waals surface area contributed by atoms with Crippen LogP contribution in [0, 0.1) is 29.1 Å². The van der Waals surface area contributed by atoms with E-state index in [1.807, 2.05) is 49.5 Å². The van der Waals surface area contributed by atoms with Gasteiger partial charge in [0.25, 0.3) is 5.91 Å². The first-order valence-electron chi connectivity index (χ1n) is 14.3. The minimum absolute atomic E-state index is 0.0487. The number of aliphatic hydroxyl groups excluding tert-OH is 1. The lowest BCUT2D eigenvalue weighted by molar-refractivity contribution is -0.253. The van der Waals surface area contributed by atoms with Crippen LogP contribution in [-0.4, -0.2) is 35.6 Å². The van der Waals surface area contributed by atoms with E-state index < -0.39 is 46.8 Å². The molecule has 1 fully saturated rings. The molecule has 45 heavy (non-hydrogen) atoms. The molecule has 2 N–H and O–H groups in total. The number of benzene rings is 4. The highest BCUT2D eigenvalue weighted by atomic mass is 19.2. The van der Waals surface area contributed by atoms with Gasteiger partial charge in [-0.05, 0) is 42.8 Å². The molecule has 1 aliphatic rings. The summed E-state index contributed by atoms with van der Waals surface area (Å²) in [4.78, 5) is 14.7. The van der Waals surface area contributed by atoms with Crippen LogP contribution in [0.4, 0.5) is 27.6 Å². The Kier molecular flexibility index (Phi) is 9.93. The summed E-state index contributed by atoms with van der Waals surface area (Å²) in [5.41, 5.74) is 1.86. The van der Waals surface area contributed by atoms with Gasteiger partial charge in [-0.25, -0.2) is 22.0 Å². The van der Waals surface area contributed by atoms with Crippen molar-refractivity contribution in [1.29, 1.82) is 0 Å². The highest BCUT2D eigenvalue weighted by Crippen LogP contribution is 2.39. The van der Waals surface area contributed by atoms with Crippen molar-refractivity contribution in [3.05, 3.63) is 136 Å². The Morgan fingerprint density at radius 2 is 1.42 bits per heavy atom. The Hall–Kier alpha value is -4.16. The smallest absolute Gasteiger partial charge is 0.261 e. The van der Waals surface area contributed by atoms with Gasteiger partial charge in [-0.1, -0.05) is 66.7 Å². The summed E-state index contributed by atoms with van der Waals surface area (Å²) in [6.45, 7) is 2.60. The van der Waals surface area contributed by atoms with Gasteiger partial charge in [-0.2, -0.15) is 0 Å². The number of rotatable bonds is 9. The summed E-state index contributed by atoms with van der Waals surface area (Å²) in [6.07, 6.45) is -0.880. The molecule has 236 valence electrons.